The van der Waals surface area contributed by atoms with Gasteiger partial charge in [0.25, 0.3) is 0 Å². The van der Waals surface area contributed by atoms with E-state index >= 15 is 0 Å². The Bertz CT molecular complexity index is 432. The number of carboxylic acid groups (broad SMARTS) is 1. The van der Waals surface area contributed by atoms with Crippen LogP contribution in [-0.2, 0) is 14.8 Å². The summed E-state index contributed by atoms with van der Waals surface area (Å²) < 4.78 is 24.3. The fraction of sp³-hybridized carbons (Fsp3) is 0.800. The molecule has 2 amide bonds. The van der Waals surface area contributed by atoms with Crippen molar-refractivity contribution < 1.29 is 23.1 Å². The van der Waals surface area contributed by atoms with E-state index in [9.17, 15) is 18.0 Å². The average Bonchev–Trinajstić information content (AvgIpc) is 3.11. The number of hydrogen-bond acceptors (Lipinski definition) is 4. The first-order chi connectivity index (χ1) is 8.84. The van der Waals surface area contributed by atoms with E-state index in [0.717, 1.165) is 12.8 Å². The van der Waals surface area contributed by atoms with Crippen LogP contribution in [0.25, 0.3) is 0 Å². The zero-order valence-electron chi connectivity index (χ0n) is 10.7. The van der Waals surface area contributed by atoms with Crippen LogP contribution < -0.4 is 15.4 Å². The summed E-state index contributed by atoms with van der Waals surface area (Å²) in [7, 11) is -2.06. The van der Waals surface area contributed by atoms with Crippen molar-refractivity contribution in [3.63, 3.8) is 0 Å². The largest absolute Gasteiger partial charge is 0.481 e. The molecule has 0 spiro atoms. The Morgan fingerprint density at radius 2 is 2.00 bits per heavy atom. The second kappa shape index (κ2) is 6.71. The quantitative estimate of drug-likeness (QED) is 0.461. The first kappa shape index (κ1) is 15.7. The maximum absolute atomic E-state index is 11.5. The van der Waals surface area contributed by atoms with Crippen LogP contribution in [0.5, 0.6) is 0 Å². The number of carboxylic acids is 1. The number of sulfonamides is 1. The highest BCUT2D eigenvalue weighted by Crippen LogP contribution is 2.33. The average molecular weight is 293 g/mol. The van der Waals surface area contributed by atoms with Crippen LogP contribution in [0.1, 0.15) is 19.3 Å². The summed E-state index contributed by atoms with van der Waals surface area (Å²) in [6, 6.07) is -0.928. The second-order valence-corrected chi connectivity index (χ2v) is 6.51. The zero-order chi connectivity index (χ0) is 14.5. The molecule has 0 aromatic carbocycles. The molecule has 0 saturated heterocycles. The SMILES string of the molecule is CNS(=O)(=O)CCNC(=O)NC(CC(=O)O)C1CC1. The Morgan fingerprint density at radius 1 is 1.37 bits per heavy atom. The molecule has 1 saturated carbocycles. The van der Waals surface area contributed by atoms with Gasteiger partial charge in [0.05, 0.1) is 12.2 Å². The van der Waals surface area contributed by atoms with Crippen LogP contribution in [0.15, 0.2) is 0 Å². The second-order valence-electron chi connectivity index (χ2n) is 4.47. The minimum Gasteiger partial charge on any atom is -0.481 e. The molecule has 1 atom stereocenters. The van der Waals surface area contributed by atoms with E-state index in [1.165, 1.54) is 7.05 Å². The maximum atomic E-state index is 11.5. The molecule has 1 rings (SSSR count). The van der Waals surface area contributed by atoms with Gasteiger partial charge in [-0.25, -0.2) is 17.9 Å². The molecule has 1 aliphatic rings. The summed E-state index contributed by atoms with van der Waals surface area (Å²) in [6.07, 6.45) is 1.70. The molecule has 9 heteroatoms. The summed E-state index contributed by atoms with van der Waals surface area (Å²) in [6.45, 7) is -0.0283. The van der Waals surface area contributed by atoms with Crippen molar-refractivity contribution in [2.45, 2.75) is 25.3 Å². The van der Waals surface area contributed by atoms with E-state index in [-0.39, 0.29) is 24.6 Å². The third kappa shape index (κ3) is 6.39. The lowest BCUT2D eigenvalue weighted by molar-refractivity contribution is -0.137. The molecule has 0 aromatic heterocycles. The first-order valence-electron chi connectivity index (χ1n) is 6.01. The Morgan fingerprint density at radius 3 is 2.47 bits per heavy atom. The van der Waals surface area contributed by atoms with E-state index < -0.39 is 28.1 Å². The highest BCUT2D eigenvalue weighted by atomic mass is 32.2. The number of urea groups is 1. The molecule has 0 heterocycles. The molecule has 0 aliphatic heterocycles. The van der Waals surface area contributed by atoms with Crippen molar-refractivity contribution in [3.8, 4) is 0 Å². The fourth-order valence-corrected chi connectivity index (χ4v) is 2.22. The summed E-state index contributed by atoms with van der Waals surface area (Å²) in [5, 5.41) is 13.7. The van der Waals surface area contributed by atoms with Gasteiger partial charge in [0.2, 0.25) is 10.0 Å². The van der Waals surface area contributed by atoms with Crippen molar-refractivity contribution in [3.05, 3.63) is 0 Å². The Balaban J connectivity index is 2.31. The molecule has 1 aliphatic carbocycles. The van der Waals surface area contributed by atoms with Gasteiger partial charge in [0, 0.05) is 12.6 Å². The lowest BCUT2D eigenvalue weighted by atomic mass is 10.1. The topological polar surface area (TPSA) is 125 Å². The molecule has 8 nitrogen and oxygen atoms in total. The molecule has 0 aromatic rings. The number of hydrogen-bond donors (Lipinski definition) is 4. The number of nitrogens with one attached hydrogen (secondary N) is 3. The monoisotopic (exact) mass is 293 g/mol. The van der Waals surface area contributed by atoms with E-state index in [4.69, 9.17) is 5.11 Å². The van der Waals surface area contributed by atoms with Crippen LogP contribution in [0.2, 0.25) is 0 Å². The smallest absolute Gasteiger partial charge is 0.315 e. The minimum absolute atomic E-state index is 0.0283. The van der Waals surface area contributed by atoms with Gasteiger partial charge in [-0.3, -0.25) is 4.79 Å². The lowest BCUT2D eigenvalue weighted by Crippen LogP contribution is -2.45. The summed E-state index contributed by atoms with van der Waals surface area (Å²) in [5.74, 6) is -0.970. The van der Waals surface area contributed by atoms with Crippen LogP contribution in [0, 0.1) is 5.92 Å². The van der Waals surface area contributed by atoms with E-state index in [2.05, 4.69) is 15.4 Å². The van der Waals surface area contributed by atoms with Crippen LogP contribution in [-0.4, -0.2) is 50.9 Å². The van der Waals surface area contributed by atoms with Crippen molar-refractivity contribution in [2.75, 3.05) is 19.3 Å². The Hall–Kier alpha value is -1.35. The van der Waals surface area contributed by atoms with Gasteiger partial charge in [-0.05, 0) is 25.8 Å². The van der Waals surface area contributed by atoms with Crippen molar-refractivity contribution in [1.29, 1.82) is 0 Å². The lowest BCUT2D eigenvalue weighted by Gasteiger charge is -2.16. The maximum Gasteiger partial charge on any atom is 0.315 e. The normalized spacial score (nSPS) is 16.7. The van der Waals surface area contributed by atoms with E-state index in [1.807, 2.05) is 0 Å². The van der Waals surface area contributed by atoms with Crippen LogP contribution in [0.3, 0.4) is 0 Å². The predicted molar refractivity (Wildman–Crippen MR) is 68.1 cm³/mol. The van der Waals surface area contributed by atoms with Crippen molar-refractivity contribution in [2.24, 2.45) is 5.92 Å². The number of amides is 2. The molecule has 1 unspecified atom stereocenters. The molecule has 19 heavy (non-hydrogen) atoms. The van der Waals surface area contributed by atoms with Gasteiger partial charge in [0.15, 0.2) is 0 Å². The number of carbonyl (C=O) groups excluding carboxylic acids is 1. The first-order valence-corrected chi connectivity index (χ1v) is 7.66. The summed E-state index contributed by atoms with van der Waals surface area (Å²) >= 11 is 0. The van der Waals surface area contributed by atoms with Crippen LogP contribution >= 0.6 is 0 Å². The molecule has 1 fully saturated rings. The summed E-state index contributed by atoms with van der Waals surface area (Å²) in [5.41, 5.74) is 0. The predicted octanol–water partition coefficient (Wildman–Crippen LogP) is -0.912. The third-order valence-electron chi connectivity index (χ3n) is 2.87. The number of aliphatic carboxylic acids is 1. The van der Waals surface area contributed by atoms with Gasteiger partial charge in [-0.15, -0.1) is 0 Å². The highest BCUT2D eigenvalue weighted by molar-refractivity contribution is 7.89. The van der Waals surface area contributed by atoms with Crippen LogP contribution in [0.4, 0.5) is 4.79 Å². The Kier molecular flexibility index (Phi) is 5.55. The standard InChI is InChI=1S/C10H19N3O5S/c1-11-19(17,18)5-4-12-10(16)13-8(6-9(14)15)7-2-3-7/h7-8,11H,2-6H2,1H3,(H,14,15)(H2,12,13,16). The minimum atomic E-state index is -3.35. The zero-order valence-corrected chi connectivity index (χ0v) is 11.5. The van der Waals surface area contributed by atoms with Gasteiger partial charge in [-0.2, -0.15) is 0 Å². The summed E-state index contributed by atoms with van der Waals surface area (Å²) in [4.78, 5) is 22.2. The van der Waals surface area contributed by atoms with E-state index in [1.54, 1.807) is 0 Å². The van der Waals surface area contributed by atoms with Crippen molar-refractivity contribution >= 4 is 22.0 Å². The van der Waals surface area contributed by atoms with Gasteiger partial charge >= 0.3 is 12.0 Å². The highest BCUT2D eigenvalue weighted by Gasteiger charge is 2.33. The molecule has 0 radical (unpaired) electrons. The number of rotatable bonds is 8. The Labute approximate surface area is 112 Å². The van der Waals surface area contributed by atoms with Gasteiger partial charge < -0.3 is 15.7 Å². The molecular formula is C10H19N3O5S. The van der Waals surface area contributed by atoms with E-state index in [0.29, 0.717) is 0 Å². The fourth-order valence-electron chi connectivity index (χ4n) is 1.64. The van der Waals surface area contributed by atoms with Gasteiger partial charge in [0.1, 0.15) is 0 Å². The van der Waals surface area contributed by atoms with Crippen molar-refractivity contribution in [1.82, 2.24) is 15.4 Å². The molecule has 110 valence electrons. The molecule has 0 bridgehead atoms. The molecule has 4 N–H and O–H groups in total. The van der Waals surface area contributed by atoms with Gasteiger partial charge in [-0.1, -0.05) is 0 Å². The third-order valence-corrected chi connectivity index (χ3v) is 4.23. The number of carbonyl (C=O) groups is 2. The molecular weight excluding hydrogens is 274 g/mol.